The van der Waals surface area contributed by atoms with Gasteiger partial charge in [0, 0.05) is 25.7 Å². The van der Waals surface area contributed by atoms with Gasteiger partial charge in [-0.3, -0.25) is 9.36 Å². The Morgan fingerprint density at radius 3 is 2.53 bits per heavy atom. The molecule has 0 radical (unpaired) electrons. The van der Waals surface area contributed by atoms with E-state index in [2.05, 4.69) is 4.98 Å². The summed E-state index contributed by atoms with van der Waals surface area (Å²) in [4.78, 5) is 20.0. The van der Waals surface area contributed by atoms with Crippen LogP contribution in [0, 0.1) is 0 Å². The largest absolute Gasteiger partial charge is 0.497 e. The number of β-amino-alcohol motifs (C(OH)–C–C–N with tert-alkyl or cyclic N) is 1. The lowest BCUT2D eigenvalue weighted by molar-refractivity contribution is -0.153. The number of aliphatic hydroxyl groups excluding tert-OH is 1. The van der Waals surface area contributed by atoms with Crippen LogP contribution in [-0.4, -0.2) is 66.8 Å². The summed E-state index contributed by atoms with van der Waals surface area (Å²) in [5.74, 6) is 0.803. The first-order chi connectivity index (χ1) is 15.3. The van der Waals surface area contributed by atoms with E-state index in [0.717, 1.165) is 4.90 Å². The first-order valence-electron chi connectivity index (χ1n) is 10.4. The van der Waals surface area contributed by atoms with Crippen LogP contribution in [0.2, 0.25) is 0 Å². The SMILES string of the molecule is COc1ccc([C@@H](O)CN2c3nc(N4CCOCC4)cc(=O)n3CC[C@H]2C(F)(F)F)cc1. The van der Waals surface area contributed by atoms with Gasteiger partial charge in [0.25, 0.3) is 5.56 Å². The van der Waals surface area contributed by atoms with Gasteiger partial charge in [-0.1, -0.05) is 12.1 Å². The minimum atomic E-state index is -4.54. The number of rotatable bonds is 5. The van der Waals surface area contributed by atoms with Crippen molar-refractivity contribution in [2.24, 2.45) is 0 Å². The second kappa shape index (κ2) is 8.99. The number of nitrogens with zero attached hydrogens (tertiary/aromatic N) is 4. The van der Waals surface area contributed by atoms with Gasteiger partial charge in [-0.05, 0) is 24.1 Å². The highest BCUT2D eigenvalue weighted by atomic mass is 19.4. The number of benzene rings is 1. The topological polar surface area (TPSA) is 80.1 Å². The van der Waals surface area contributed by atoms with Gasteiger partial charge < -0.3 is 24.4 Å². The highest BCUT2D eigenvalue weighted by Crippen LogP contribution is 2.35. The second-order valence-corrected chi connectivity index (χ2v) is 7.79. The zero-order valence-electron chi connectivity index (χ0n) is 17.6. The summed E-state index contributed by atoms with van der Waals surface area (Å²) in [6.07, 6.45) is -6.07. The van der Waals surface area contributed by atoms with Crippen molar-refractivity contribution in [3.63, 3.8) is 0 Å². The fraction of sp³-hybridized carbons (Fsp3) is 0.524. The van der Waals surface area contributed by atoms with E-state index in [1.54, 1.807) is 24.3 Å². The summed E-state index contributed by atoms with van der Waals surface area (Å²) < 4.78 is 53.4. The molecule has 1 fully saturated rings. The Kier molecular flexibility index (Phi) is 6.29. The Bertz CT molecular complexity index is 990. The molecule has 8 nitrogen and oxygen atoms in total. The minimum absolute atomic E-state index is 0.0832. The number of methoxy groups -OCH3 is 1. The van der Waals surface area contributed by atoms with E-state index < -0.39 is 23.9 Å². The maximum absolute atomic E-state index is 13.9. The number of aromatic nitrogens is 2. The Morgan fingerprint density at radius 2 is 1.91 bits per heavy atom. The summed E-state index contributed by atoms with van der Waals surface area (Å²) in [5.41, 5.74) is 0.0246. The molecule has 0 bridgehead atoms. The number of hydrogen-bond acceptors (Lipinski definition) is 7. The second-order valence-electron chi connectivity index (χ2n) is 7.79. The number of ether oxygens (including phenoxy) is 2. The van der Waals surface area contributed by atoms with Crippen LogP contribution in [0.25, 0.3) is 0 Å². The Morgan fingerprint density at radius 1 is 1.22 bits per heavy atom. The smallest absolute Gasteiger partial charge is 0.408 e. The molecule has 174 valence electrons. The van der Waals surface area contributed by atoms with Crippen LogP contribution in [0.3, 0.4) is 0 Å². The average molecular weight is 454 g/mol. The minimum Gasteiger partial charge on any atom is -0.497 e. The molecule has 1 N–H and O–H groups in total. The fourth-order valence-electron chi connectivity index (χ4n) is 4.08. The first kappa shape index (κ1) is 22.4. The molecule has 2 atom stereocenters. The molecule has 0 spiro atoms. The van der Waals surface area contributed by atoms with Crippen LogP contribution in [0.15, 0.2) is 35.1 Å². The molecule has 1 aromatic carbocycles. The van der Waals surface area contributed by atoms with E-state index in [1.165, 1.54) is 17.7 Å². The van der Waals surface area contributed by atoms with E-state index in [0.29, 0.717) is 43.4 Å². The first-order valence-corrected chi connectivity index (χ1v) is 10.4. The van der Waals surface area contributed by atoms with Crippen molar-refractivity contribution in [3.8, 4) is 5.75 Å². The molecule has 2 aromatic rings. The van der Waals surface area contributed by atoms with Crippen LogP contribution >= 0.6 is 0 Å². The van der Waals surface area contributed by atoms with Crippen LogP contribution < -0.4 is 20.1 Å². The van der Waals surface area contributed by atoms with Crippen LogP contribution in [-0.2, 0) is 11.3 Å². The molecular weight excluding hydrogens is 429 g/mol. The van der Waals surface area contributed by atoms with E-state index in [-0.39, 0.29) is 25.5 Å². The van der Waals surface area contributed by atoms with Crippen molar-refractivity contribution in [1.82, 2.24) is 9.55 Å². The lowest BCUT2D eigenvalue weighted by Crippen LogP contribution is -2.53. The summed E-state index contributed by atoms with van der Waals surface area (Å²) in [7, 11) is 1.50. The number of hydrogen-bond donors (Lipinski definition) is 1. The van der Waals surface area contributed by atoms with Crippen molar-refractivity contribution < 1.29 is 27.8 Å². The van der Waals surface area contributed by atoms with Crippen LogP contribution in [0.5, 0.6) is 5.75 Å². The number of anilines is 2. The maximum atomic E-state index is 13.9. The average Bonchev–Trinajstić information content (AvgIpc) is 2.79. The summed E-state index contributed by atoms with van der Waals surface area (Å²) >= 11 is 0. The van der Waals surface area contributed by atoms with E-state index in [4.69, 9.17) is 9.47 Å². The predicted octanol–water partition coefficient (Wildman–Crippen LogP) is 1.96. The molecule has 1 aromatic heterocycles. The number of aliphatic hydroxyl groups is 1. The summed E-state index contributed by atoms with van der Waals surface area (Å²) in [5, 5.41) is 10.7. The molecule has 1 saturated heterocycles. The number of alkyl halides is 3. The lowest BCUT2D eigenvalue weighted by atomic mass is 10.1. The third-order valence-corrected chi connectivity index (χ3v) is 5.82. The third kappa shape index (κ3) is 4.53. The molecule has 0 unspecified atom stereocenters. The molecule has 32 heavy (non-hydrogen) atoms. The molecule has 4 rings (SSSR count). The summed E-state index contributed by atoms with van der Waals surface area (Å²) in [6, 6.07) is 5.94. The Hall–Kier alpha value is -2.79. The molecular formula is C21H25F3N4O4. The van der Waals surface area contributed by atoms with Crippen LogP contribution in [0.4, 0.5) is 24.9 Å². The molecule has 3 heterocycles. The van der Waals surface area contributed by atoms with Crippen LogP contribution in [0.1, 0.15) is 18.1 Å². The maximum Gasteiger partial charge on any atom is 0.408 e. The van der Waals surface area contributed by atoms with Crippen molar-refractivity contribution in [1.29, 1.82) is 0 Å². The molecule has 2 aliphatic rings. The number of halogens is 3. The van der Waals surface area contributed by atoms with Gasteiger partial charge in [0.15, 0.2) is 0 Å². The van der Waals surface area contributed by atoms with Gasteiger partial charge in [-0.25, -0.2) is 0 Å². The van der Waals surface area contributed by atoms with Crippen molar-refractivity contribution >= 4 is 11.8 Å². The molecule has 0 amide bonds. The monoisotopic (exact) mass is 454 g/mol. The van der Waals surface area contributed by atoms with Crippen molar-refractivity contribution in [2.75, 3.05) is 49.8 Å². The predicted molar refractivity (Wildman–Crippen MR) is 111 cm³/mol. The third-order valence-electron chi connectivity index (χ3n) is 5.82. The molecule has 0 saturated carbocycles. The van der Waals surface area contributed by atoms with E-state index in [9.17, 15) is 23.1 Å². The van der Waals surface area contributed by atoms with Gasteiger partial charge in [-0.15, -0.1) is 0 Å². The Balaban J connectivity index is 1.70. The van der Waals surface area contributed by atoms with Crippen molar-refractivity contribution in [3.05, 3.63) is 46.2 Å². The van der Waals surface area contributed by atoms with Gasteiger partial charge in [-0.2, -0.15) is 18.2 Å². The number of fused-ring (bicyclic) bond motifs is 1. The fourth-order valence-corrected chi connectivity index (χ4v) is 4.08. The van der Waals surface area contributed by atoms with Gasteiger partial charge >= 0.3 is 6.18 Å². The zero-order chi connectivity index (χ0) is 22.9. The standard InChI is InChI=1S/C21H25F3N4O4/c1-31-15-4-2-14(3-5-15)16(29)13-28-17(21(22,23)24)6-7-27-19(30)12-18(25-20(27)28)26-8-10-32-11-9-26/h2-5,12,16-17,29H,6-11,13H2,1H3/t16-,17-/m0/s1. The lowest BCUT2D eigenvalue weighted by Gasteiger charge is -2.40. The van der Waals surface area contributed by atoms with Crippen molar-refractivity contribution in [2.45, 2.75) is 31.3 Å². The van der Waals surface area contributed by atoms with E-state index >= 15 is 0 Å². The Labute approximate surface area is 182 Å². The highest BCUT2D eigenvalue weighted by molar-refractivity contribution is 5.47. The van der Waals surface area contributed by atoms with E-state index in [1.807, 2.05) is 4.90 Å². The van der Waals surface area contributed by atoms with Gasteiger partial charge in [0.1, 0.15) is 17.6 Å². The molecule has 0 aliphatic carbocycles. The highest BCUT2D eigenvalue weighted by Gasteiger charge is 2.47. The molecule has 11 heteroatoms. The van der Waals surface area contributed by atoms with Gasteiger partial charge in [0.05, 0.1) is 33.0 Å². The normalized spacial score (nSPS) is 20.1. The molecule has 2 aliphatic heterocycles. The van der Waals surface area contributed by atoms with Gasteiger partial charge in [0.2, 0.25) is 5.95 Å². The zero-order valence-corrected chi connectivity index (χ0v) is 17.6. The number of morpholine rings is 1. The quantitative estimate of drug-likeness (QED) is 0.740. The summed E-state index contributed by atoms with van der Waals surface area (Å²) in [6.45, 7) is 1.43.